The molecule has 5 aliphatic rings. The number of ether oxygens (including phenoxy) is 1. The van der Waals surface area contributed by atoms with Gasteiger partial charge in [-0.15, -0.1) is 0 Å². The van der Waals surface area contributed by atoms with Crippen LogP contribution in [0.25, 0.3) is 0 Å². The van der Waals surface area contributed by atoms with E-state index in [0.717, 1.165) is 29.9 Å². The predicted molar refractivity (Wildman–Crippen MR) is 92.8 cm³/mol. The van der Waals surface area contributed by atoms with Crippen LogP contribution in [-0.4, -0.2) is 18.4 Å². The van der Waals surface area contributed by atoms with Gasteiger partial charge in [0.25, 0.3) is 0 Å². The normalized spacial score (nSPS) is 37.7. The fourth-order valence-electron chi connectivity index (χ4n) is 6.40. The van der Waals surface area contributed by atoms with Crippen LogP contribution in [0.3, 0.4) is 0 Å². The number of nitrogens with one attached hydrogen (secondary N) is 1. The Bertz CT molecular complexity index is 690. The Labute approximate surface area is 148 Å². The molecule has 25 heavy (non-hydrogen) atoms. The minimum absolute atomic E-state index is 0.00486. The first-order valence-corrected chi connectivity index (χ1v) is 9.67. The SMILES string of the molecule is O=C(C[C@@H]1OC(=O)c2ccccc21)NCC12CC3CC(CC(C3)C1)C2. The van der Waals surface area contributed by atoms with Gasteiger partial charge in [-0.05, 0) is 67.8 Å². The van der Waals surface area contributed by atoms with Crippen LogP contribution < -0.4 is 5.32 Å². The number of amides is 1. The van der Waals surface area contributed by atoms with E-state index in [1.165, 1.54) is 38.5 Å². The fourth-order valence-corrected chi connectivity index (χ4v) is 6.40. The van der Waals surface area contributed by atoms with Crippen molar-refractivity contribution in [2.75, 3.05) is 6.54 Å². The van der Waals surface area contributed by atoms with Gasteiger partial charge in [-0.2, -0.15) is 0 Å². The van der Waals surface area contributed by atoms with Crippen LogP contribution in [0, 0.1) is 23.2 Å². The van der Waals surface area contributed by atoms with Crippen molar-refractivity contribution in [3.8, 4) is 0 Å². The van der Waals surface area contributed by atoms with Gasteiger partial charge < -0.3 is 10.1 Å². The van der Waals surface area contributed by atoms with Crippen molar-refractivity contribution in [2.45, 2.75) is 51.0 Å². The Morgan fingerprint density at radius 1 is 1.08 bits per heavy atom. The Morgan fingerprint density at radius 2 is 1.72 bits per heavy atom. The molecule has 4 aliphatic carbocycles. The lowest BCUT2D eigenvalue weighted by Gasteiger charge is -2.56. The molecule has 4 heteroatoms. The van der Waals surface area contributed by atoms with E-state index in [4.69, 9.17) is 4.74 Å². The second-order valence-electron chi connectivity index (χ2n) is 8.88. The van der Waals surface area contributed by atoms with Crippen molar-refractivity contribution in [1.82, 2.24) is 5.32 Å². The van der Waals surface area contributed by atoms with Gasteiger partial charge in [-0.25, -0.2) is 4.79 Å². The fraction of sp³-hybridized carbons (Fsp3) is 0.619. The van der Waals surface area contributed by atoms with Crippen LogP contribution in [0.5, 0.6) is 0 Å². The number of esters is 1. The summed E-state index contributed by atoms with van der Waals surface area (Å²) >= 11 is 0. The Kier molecular flexibility index (Phi) is 3.44. The molecule has 1 aromatic carbocycles. The quantitative estimate of drug-likeness (QED) is 0.853. The molecule has 1 aromatic rings. The molecule has 4 fully saturated rings. The van der Waals surface area contributed by atoms with Crippen LogP contribution in [0.1, 0.15) is 67.0 Å². The summed E-state index contributed by atoms with van der Waals surface area (Å²) in [6.07, 6.45) is 7.93. The third kappa shape index (κ3) is 2.66. The monoisotopic (exact) mass is 339 g/mol. The van der Waals surface area contributed by atoms with Crippen LogP contribution in [0.4, 0.5) is 0 Å². The largest absolute Gasteiger partial charge is 0.453 e. The second kappa shape index (κ2) is 5.58. The maximum atomic E-state index is 12.5. The number of cyclic esters (lactones) is 1. The molecule has 1 amide bonds. The van der Waals surface area contributed by atoms with E-state index in [2.05, 4.69) is 5.32 Å². The van der Waals surface area contributed by atoms with Gasteiger partial charge in [0.15, 0.2) is 0 Å². The van der Waals surface area contributed by atoms with Gasteiger partial charge >= 0.3 is 5.97 Å². The Morgan fingerprint density at radius 3 is 2.40 bits per heavy atom. The standard InChI is InChI=1S/C21H25NO3/c23-19(8-18-16-3-1-2-4-17(16)20(24)25-18)22-12-21-9-13-5-14(10-21)7-15(6-13)11-21/h1-4,13-15,18H,5-12H2,(H,22,23)/t13?,14?,15?,18-,21?/m0/s1. The highest BCUT2D eigenvalue weighted by Crippen LogP contribution is 2.59. The summed E-state index contributed by atoms with van der Waals surface area (Å²) < 4.78 is 5.40. The van der Waals surface area contributed by atoms with Gasteiger partial charge in [-0.1, -0.05) is 18.2 Å². The van der Waals surface area contributed by atoms with Gasteiger partial charge in [0.05, 0.1) is 12.0 Å². The van der Waals surface area contributed by atoms with Gasteiger partial charge in [0, 0.05) is 12.1 Å². The van der Waals surface area contributed by atoms with E-state index in [-0.39, 0.29) is 18.3 Å². The molecular formula is C21H25NO3. The molecule has 1 N–H and O–H groups in total. The molecule has 0 spiro atoms. The lowest BCUT2D eigenvalue weighted by molar-refractivity contribution is -0.125. The highest BCUT2D eigenvalue weighted by atomic mass is 16.5. The van der Waals surface area contributed by atoms with E-state index < -0.39 is 6.10 Å². The molecule has 0 saturated heterocycles. The third-order valence-electron chi connectivity index (χ3n) is 6.97. The van der Waals surface area contributed by atoms with Crippen LogP contribution in [0.2, 0.25) is 0 Å². The zero-order valence-corrected chi connectivity index (χ0v) is 14.5. The maximum Gasteiger partial charge on any atom is 0.339 e. The minimum Gasteiger partial charge on any atom is -0.453 e. The van der Waals surface area contributed by atoms with Gasteiger partial charge in [-0.3, -0.25) is 4.79 Å². The molecular weight excluding hydrogens is 314 g/mol. The predicted octanol–water partition coefficient (Wildman–Crippen LogP) is 3.62. The first-order valence-electron chi connectivity index (χ1n) is 9.67. The van der Waals surface area contributed by atoms with Gasteiger partial charge in [0.2, 0.25) is 5.91 Å². The summed E-state index contributed by atoms with van der Waals surface area (Å²) in [5.41, 5.74) is 1.79. The number of fused-ring (bicyclic) bond motifs is 1. The molecule has 1 heterocycles. The van der Waals surface area contributed by atoms with E-state index in [1.54, 1.807) is 6.07 Å². The second-order valence-corrected chi connectivity index (χ2v) is 8.88. The van der Waals surface area contributed by atoms with Crippen LogP contribution >= 0.6 is 0 Å². The van der Waals surface area contributed by atoms with Crippen molar-refractivity contribution in [1.29, 1.82) is 0 Å². The lowest BCUT2D eigenvalue weighted by atomic mass is 9.49. The van der Waals surface area contributed by atoms with Crippen molar-refractivity contribution < 1.29 is 14.3 Å². The van der Waals surface area contributed by atoms with E-state index in [9.17, 15) is 9.59 Å². The van der Waals surface area contributed by atoms with Crippen LogP contribution in [-0.2, 0) is 9.53 Å². The minimum atomic E-state index is -0.430. The summed E-state index contributed by atoms with van der Waals surface area (Å²) in [7, 11) is 0. The van der Waals surface area contributed by atoms with Crippen molar-refractivity contribution in [3.05, 3.63) is 35.4 Å². The molecule has 4 saturated carbocycles. The molecule has 1 aliphatic heterocycles. The average Bonchev–Trinajstić information content (AvgIpc) is 2.88. The Hall–Kier alpha value is -1.84. The summed E-state index contributed by atoms with van der Waals surface area (Å²) in [6, 6.07) is 7.37. The first kappa shape index (κ1) is 15.4. The van der Waals surface area contributed by atoms with Crippen molar-refractivity contribution in [3.63, 3.8) is 0 Å². The maximum absolute atomic E-state index is 12.5. The first-order chi connectivity index (χ1) is 12.1. The number of carbonyl (C=O) groups is 2. The molecule has 132 valence electrons. The van der Waals surface area contributed by atoms with Crippen LogP contribution in [0.15, 0.2) is 24.3 Å². The number of hydrogen-bond acceptors (Lipinski definition) is 3. The smallest absolute Gasteiger partial charge is 0.339 e. The van der Waals surface area contributed by atoms with E-state index in [0.29, 0.717) is 11.0 Å². The van der Waals surface area contributed by atoms with E-state index in [1.807, 2.05) is 18.2 Å². The summed E-state index contributed by atoms with van der Waals surface area (Å²) in [6.45, 7) is 0.803. The molecule has 0 unspecified atom stereocenters. The van der Waals surface area contributed by atoms with Gasteiger partial charge in [0.1, 0.15) is 6.10 Å². The lowest BCUT2D eigenvalue weighted by Crippen LogP contribution is -2.51. The zero-order valence-electron chi connectivity index (χ0n) is 14.5. The Balaban J connectivity index is 1.22. The molecule has 4 bridgehead atoms. The highest BCUT2D eigenvalue weighted by Gasteiger charge is 2.50. The number of rotatable bonds is 4. The average molecular weight is 339 g/mol. The number of hydrogen-bond donors (Lipinski definition) is 1. The molecule has 6 rings (SSSR count). The number of benzene rings is 1. The molecule has 0 radical (unpaired) electrons. The summed E-state index contributed by atoms with van der Waals surface area (Å²) in [5.74, 6) is 2.38. The third-order valence-corrected chi connectivity index (χ3v) is 6.97. The summed E-state index contributed by atoms with van der Waals surface area (Å²) in [5, 5.41) is 3.18. The van der Waals surface area contributed by atoms with E-state index >= 15 is 0 Å². The highest BCUT2D eigenvalue weighted by molar-refractivity contribution is 5.94. The zero-order chi connectivity index (χ0) is 17.0. The molecule has 0 aromatic heterocycles. The molecule has 1 atom stereocenters. The van der Waals surface area contributed by atoms with Crippen molar-refractivity contribution >= 4 is 11.9 Å². The topological polar surface area (TPSA) is 55.4 Å². The molecule has 4 nitrogen and oxygen atoms in total. The van der Waals surface area contributed by atoms with Crippen molar-refractivity contribution in [2.24, 2.45) is 23.2 Å². The summed E-state index contributed by atoms with van der Waals surface area (Å²) in [4.78, 5) is 24.4. The number of carbonyl (C=O) groups excluding carboxylic acids is 2.